The largest absolute Gasteiger partial charge is 0.454 e. The first-order chi connectivity index (χ1) is 9.55. The van der Waals surface area contributed by atoms with Crippen LogP contribution in [0, 0.1) is 6.92 Å². The van der Waals surface area contributed by atoms with Crippen molar-refractivity contribution in [3.8, 4) is 0 Å². The Labute approximate surface area is 122 Å². The van der Waals surface area contributed by atoms with Crippen molar-refractivity contribution in [1.82, 2.24) is 0 Å². The molecule has 1 aliphatic heterocycles. The SMILES string of the molecule is Cc1ccc(Nc2cc([C@@]3(C)CCC(=O)O3)cs2)cc1. The Hall–Kier alpha value is -1.81. The van der Waals surface area contributed by atoms with Gasteiger partial charge in [0.1, 0.15) is 5.60 Å². The van der Waals surface area contributed by atoms with Crippen LogP contribution in [0.15, 0.2) is 35.7 Å². The van der Waals surface area contributed by atoms with E-state index in [0.29, 0.717) is 6.42 Å². The van der Waals surface area contributed by atoms with Crippen molar-refractivity contribution in [1.29, 1.82) is 0 Å². The minimum absolute atomic E-state index is 0.105. The third kappa shape index (κ3) is 2.56. The fourth-order valence-corrected chi connectivity index (χ4v) is 3.30. The van der Waals surface area contributed by atoms with Gasteiger partial charge in [-0.1, -0.05) is 17.7 Å². The Balaban J connectivity index is 1.77. The van der Waals surface area contributed by atoms with Gasteiger partial charge < -0.3 is 10.1 Å². The molecule has 20 heavy (non-hydrogen) atoms. The molecule has 0 bridgehead atoms. The molecule has 1 atom stereocenters. The Morgan fingerprint density at radius 1 is 1.30 bits per heavy atom. The van der Waals surface area contributed by atoms with Crippen molar-refractivity contribution < 1.29 is 9.53 Å². The first kappa shape index (κ1) is 13.2. The van der Waals surface area contributed by atoms with Crippen molar-refractivity contribution in [2.24, 2.45) is 0 Å². The molecule has 4 heteroatoms. The number of anilines is 2. The molecule has 0 aliphatic carbocycles. The fourth-order valence-electron chi connectivity index (χ4n) is 2.36. The normalized spacial score (nSPS) is 21.8. The fraction of sp³-hybridized carbons (Fsp3) is 0.312. The molecule has 2 heterocycles. The van der Waals surface area contributed by atoms with Crippen LogP contribution in [0.3, 0.4) is 0 Å². The molecular weight excluding hydrogens is 270 g/mol. The van der Waals surface area contributed by atoms with Gasteiger partial charge in [0.25, 0.3) is 0 Å². The summed E-state index contributed by atoms with van der Waals surface area (Å²) in [6.07, 6.45) is 1.26. The molecule has 1 aromatic carbocycles. The number of hydrogen-bond donors (Lipinski definition) is 1. The van der Waals surface area contributed by atoms with Crippen LogP contribution < -0.4 is 5.32 Å². The number of hydrogen-bond acceptors (Lipinski definition) is 4. The van der Waals surface area contributed by atoms with E-state index in [1.807, 2.05) is 6.92 Å². The van der Waals surface area contributed by atoms with Crippen LogP contribution >= 0.6 is 11.3 Å². The van der Waals surface area contributed by atoms with E-state index in [0.717, 1.165) is 22.7 Å². The van der Waals surface area contributed by atoms with Crippen LogP contribution in [-0.2, 0) is 15.1 Å². The predicted molar refractivity (Wildman–Crippen MR) is 81.5 cm³/mol. The average molecular weight is 287 g/mol. The maximum atomic E-state index is 11.3. The van der Waals surface area contributed by atoms with Crippen molar-refractivity contribution >= 4 is 28.0 Å². The molecule has 3 rings (SSSR count). The van der Waals surface area contributed by atoms with Gasteiger partial charge in [-0.15, -0.1) is 11.3 Å². The first-order valence-electron chi connectivity index (χ1n) is 6.70. The maximum absolute atomic E-state index is 11.3. The molecule has 3 nitrogen and oxygen atoms in total. The lowest BCUT2D eigenvalue weighted by atomic mass is 9.96. The van der Waals surface area contributed by atoms with E-state index in [1.165, 1.54) is 5.56 Å². The summed E-state index contributed by atoms with van der Waals surface area (Å²) < 4.78 is 5.45. The molecule has 1 aliphatic rings. The van der Waals surface area contributed by atoms with Gasteiger partial charge in [-0.05, 0) is 32.0 Å². The van der Waals surface area contributed by atoms with Crippen LogP contribution in [0.5, 0.6) is 0 Å². The molecule has 2 aromatic rings. The highest BCUT2D eigenvalue weighted by molar-refractivity contribution is 7.14. The lowest BCUT2D eigenvalue weighted by Crippen LogP contribution is -2.19. The Kier molecular flexibility index (Phi) is 3.26. The molecule has 1 N–H and O–H groups in total. The van der Waals surface area contributed by atoms with Crippen LogP contribution in [0.2, 0.25) is 0 Å². The molecule has 1 saturated heterocycles. The number of benzene rings is 1. The smallest absolute Gasteiger partial charge is 0.306 e. The van der Waals surface area contributed by atoms with Crippen molar-refractivity contribution in [2.75, 3.05) is 5.32 Å². The molecule has 0 saturated carbocycles. The number of thiophene rings is 1. The lowest BCUT2D eigenvalue weighted by Gasteiger charge is -2.21. The molecule has 0 spiro atoms. The van der Waals surface area contributed by atoms with Gasteiger partial charge >= 0.3 is 5.97 Å². The second kappa shape index (κ2) is 4.94. The third-order valence-electron chi connectivity index (χ3n) is 3.67. The quantitative estimate of drug-likeness (QED) is 0.853. The zero-order chi connectivity index (χ0) is 14.2. The minimum Gasteiger partial charge on any atom is -0.454 e. The Morgan fingerprint density at radius 2 is 2.05 bits per heavy atom. The molecule has 1 fully saturated rings. The maximum Gasteiger partial charge on any atom is 0.306 e. The zero-order valence-corrected chi connectivity index (χ0v) is 12.4. The average Bonchev–Trinajstić information content (AvgIpc) is 3.01. The van der Waals surface area contributed by atoms with Crippen molar-refractivity contribution in [3.05, 3.63) is 46.8 Å². The molecule has 1 aromatic heterocycles. The number of ether oxygens (including phenoxy) is 1. The van der Waals surface area contributed by atoms with Gasteiger partial charge in [-0.25, -0.2) is 0 Å². The first-order valence-corrected chi connectivity index (χ1v) is 7.58. The lowest BCUT2D eigenvalue weighted by molar-refractivity contribution is -0.147. The number of carbonyl (C=O) groups excluding carboxylic acids is 1. The Bertz CT molecular complexity index is 632. The number of nitrogens with one attached hydrogen (secondary N) is 1. The van der Waals surface area contributed by atoms with Crippen LogP contribution in [0.25, 0.3) is 0 Å². The highest BCUT2D eigenvalue weighted by atomic mass is 32.1. The summed E-state index contributed by atoms with van der Waals surface area (Å²) in [4.78, 5) is 11.3. The van der Waals surface area contributed by atoms with E-state index in [-0.39, 0.29) is 5.97 Å². The number of rotatable bonds is 3. The minimum atomic E-state index is -0.458. The zero-order valence-electron chi connectivity index (χ0n) is 11.6. The summed E-state index contributed by atoms with van der Waals surface area (Å²) in [5, 5.41) is 6.51. The van der Waals surface area contributed by atoms with Gasteiger partial charge in [0, 0.05) is 29.5 Å². The van der Waals surface area contributed by atoms with E-state index in [2.05, 4.69) is 48.0 Å². The number of aryl methyl sites for hydroxylation is 1. The molecule has 0 radical (unpaired) electrons. The summed E-state index contributed by atoms with van der Waals surface area (Å²) in [7, 11) is 0. The summed E-state index contributed by atoms with van der Waals surface area (Å²) >= 11 is 1.63. The second-order valence-corrected chi connectivity index (χ2v) is 6.31. The van der Waals surface area contributed by atoms with E-state index in [1.54, 1.807) is 11.3 Å². The van der Waals surface area contributed by atoms with Crippen LogP contribution in [-0.4, -0.2) is 5.97 Å². The van der Waals surface area contributed by atoms with Gasteiger partial charge in [0.2, 0.25) is 0 Å². The van der Waals surface area contributed by atoms with Gasteiger partial charge in [0.15, 0.2) is 0 Å². The predicted octanol–water partition coefficient (Wildman–Crippen LogP) is 4.35. The highest BCUT2D eigenvalue weighted by Crippen LogP contribution is 2.40. The number of carbonyl (C=O) groups is 1. The van der Waals surface area contributed by atoms with Crippen LogP contribution in [0.1, 0.15) is 30.9 Å². The molecule has 104 valence electrons. The standard InChI is InChI=1S/C16H17NO2S/c1-11-3-5-13(6-4-11)17-14-9-12(10-20-14)16(2)8-7-15(18)19-16/h3-6,9-10,17H,7-8H2,1-2H3/t16-/m1/s1. The molecule has 0 unspecified atom stereocenters. The second-order valence-electron chi connectivity index (χ2n) is 5.40. The van der Waals surface area contributed by atoms with Crippen molar-refractivity contribution in [3.63, 3.8) is 0 Å². The summed E-state index contributed by atoms with van der Waals surface area (Å²) in [5.74, 6) is -0.105. The number of esters is 1. The van der Waals surface area contributed by atoms with E-state index < -0.39 is 5.60 Å². The molecule has 0 amide bonds. The third-order valence-corrected chi connectivity index (χ3v) is 4.52. The van der Waals surface area contributed by atoms with Gasteiger partial charge in [-0.3, -0.25) is 4.79 Å². The highest BCUT2D eigenvalue weighted by Gasteiger charge is 2.38. The summed E-state index contributed by atoms with van der Waals surface area (Å²) in [5.41, 5.74) is 2.93. The monoisotopic (exact) mass is 287 g/mol. The van der Waals surface area contributed by atoms with E-state index in [9.17, 15) is 4.79 Å². The Morgan fingerprint density at radius 3 is 2.70 bits per heavy atom. The van der Waals surface area contributed by atoms with Crippen molar-refractivity contribution in [2.45, 2.75) is 32.3 Å². The van der Waals surface area contributed by atoms with Gasteiger partial charge in [0.05, 0.1) is 5.00 Å². The van der Waals surface area contributed by atoms with E-state index in [4.69, 9.17) is 4.74 Å². The van der Waals surface area contributed by atoms with Crippen LogP contribution in [0.4, 0.5) is 10.7 Å². The van der Waals surface area contributed by atoms with Gasteiger partial charge in [-0.2, -0.15) is 0 Å². The summed E-state index contributed by atoms with van der Waals surface area (Å²) in [6, 6.07) is 10.4. The van der Waals surface area contributed by atoms with E-state index >= 15 is 0 Å². The molecular formula is C16H17NO2S. The number of cyclic esters (lactones) is 1. The summed E-state index contributed by atoms with van der Waals surface area (Å²) in [6.45, 7) is 4.05. The topological polar surface area (TPSA) is 38.3 Å².